The molecule has 4 nitrogen and oxygen atoms in total. The summed E-state index contributed by atoms with van der Waals surface area (Å²) in [5.74, 6) is -0.251. The van der Waals surface area contributed by atoms with Gasteiger partial charge in [-0.3, -0.25) is 0 Å². The normalized spacial score (nSPS) is 17.7. The number of alkyl halides is 3. The maximum Gasteiger partial charge on any atom is 0.402 e. The third-order valence-corrected chi connectivity index (χ3v) is 4.35. The van der Waals surface area contributed by atoms with Crippen molar-refractivity contribution >= 4 is 10.0 Å². The molecule has 0 bridgehead atoms. The van der Waals surface area contributed by atoms with Crippen LogP contribution >= 0.6 is 0 Å². The minimum Gasteiger partial charge on any atom is -0.314 e. The zero-order chi connectivity index (χ0) is 13.1. The van der Waals surface area contributed by atoms with Crippen molar-refractivity contribution in [2.24, 2.45) is 0 Å². The van der Waals surface area contributed by atoms with E-state index in [9.17, 15) is 21.6 Å². The highest BCUT2D eigenvalue weighted by Crippen LogP contribution is 2.19. The lowest BCUT2D eigenvalue weighted by Crippen LogP contribution is -2.37. The predicted octanol–water partition coefficient (Wildman–Crippen LogP) is 0.952. The summed E-state index contributed by atoms with van der Waals surface area (Å²) in [6, 6.07) is 0.477. The van der Waals surface area contributed by atoms with Crippen LogP contribution in [0.3, 0.4) is 0 Å². The monoisotopic (exact) mass is 274 g/mol. The highest BCUT2D eigenvalue weighted by molar-refractivity contribution is 7.89. The Kier molecular flexibility index (Phi) is 4.79. The van der Waals surface area contributed by atoms with Crippen molar-refractivity contribution in [3.8, 4) is 0 Å². The van der Waals surface area contributed by atoms with Gasteiger partial charge in [0.05, 0.1) is 5.75 Å². The molecule has 0 unspecified atom stereocenters. The average molecular weight is 274 g/mol. The number of hydrogen-bond acceptors (Lipinski definition) is 3. The SMILES string of the molecule is CN(CC(F)(F)F)S(=O)(=O)CCCNC1CC1. The summed E-state index contributed by atoms with van der Waals surface area (Å²) in [7, 11) is -2.84. The van der Waals surface area contributed by atoms with Gasteiger partial charge in [0.2, 0.25) is 10.0 Å². The van der Waals surface area contributed by atoms with E-state index in [1.165, 1.54) is 0 Å². The van der Waals surface area contributed by atoms with Gasteiger partial charge < -0.3 is 5.32 Å². The second-order valence-corrected chi connectivity index (χ2v) is 6.46. The van der Waals surface area contributed by atoms with Crippen molar-refractivity contribution in [3.63, 3.8) is 0 Å². The van der Waals surface area contributed by atoms with E-state index in [-0.39, 0.29) is 5.75 Å². The van der Waals surface area contributed by atoms with Crippen LogP contribution in [0.4, 0.5) is 13.2 Å². The second-order valence-electron chi connectivity index (χ2n) is 4.27. The van der Waals surface area contributed by atoms with E-state index >= 15 is 0 Å². The number of hydrogen-bond donors (Lipinski definition) is 1. The topological polar surface area (TPSA) is 49.4 Å². The molecule has 0 aromatic heterocycles. The van der Waals surface area contributed by atoms with Crippen molar-refractivity contribution in [1.29, 1.82) is 0 Å². The standard InChI is InChI=1S/C9H17F3N2O2S/c1-14(7-9(10,11)12)17(15,16)6-2-5-13-8-3-4-8/h8,13H,2-7H2,1H3. The molecule has 102 valence electrons. The van der Waals surface area contributed by atoms with Gasteiger partial charge in [0.1, 0.15) is 6.54 Å². The molecule has 0 heterocycles. The third-order valence-electron chi connectivity index (χ3n) is 2.47. The van der Waals surface area contributed by atoms with Gasteiger partial charge in [0.15, 0.2) is 0 Å². The molecule has 1 aliphatic carbocycles. The molecule has 1 fully saturated rings. The first-order valence-corrected chi connectivity index (χ1v) is 7.06. The lowest BCUT2D eigenvalue weighted by atomic mass is 10.5. The minimum atomic E-state index is -4.49. The Hall–Kier alpha value is -0.340. The Morgan fingerprint density at radius 1 is 1.35 bits per heavy atom. The first-order valence-electron chi connectivity index (χ1n) is 5.45. The number of rotatable bonds is 7. The van der Waals surface area contributed by atoms with Crippen LogP contribution < -0.4 is 5.32 Å². The Labute approximate surface area is 99.2 Å². The molecule has 0 radical (unpaired) electrons. The van der Waals surface area contributed by atoms with Gasteiger partial charge in [-0.25, -0.2) is 8.42 Å². The van der Waals surface area contributed by atoms with Crippen LogP contribution in [0, 0.1) is 0 Å². The molecule has 1 rings (SSSR count). The van der Waals surface area contributed by atoms with Crippen molar-refractivity contribution < 1.29 is 21.6 Å². The van der Waals surface area contributed by atoms with E-state index < -0.39 is 22.7 Å². The molecule has 0 amide bonds. The first kappa shape index (κ1) is 14.7. The average Bonchev–Trinajstić information content (AvgIpc) is 2.93. The highest BCUT2D eigenvalue weighted by atomic mass is 32.2. The first-order chi connectivity index (χ1) is 7.71. The quantitative estimate of drug-likeness (QED) is 0.703. The largest absolute Gasteiger partial charge is 0.402 e. The molecule has 1 N–H and O–H groups in total. The molecule has 0 aromatic rings. The van der Waals surface area contributed by atoms with Crippen LogP contribution in [0.15, 0.2) is 0 Å². The summed E-state index contributed by atoms with van der Waals surface area (Å²) in [6.45, 7) is -0.894. The lowest BCUT2D eigenvalue weighted by Gasteiger charge is -2.18. The Morgan fingerprint density at radius 2 is 1.94 bits per heavy atom. The van der Waals surface area contributed by atoms with Gasteiger partial charge in [-0.05, 0) is 25.8 Å². The van der Waals surface area contributed by atoms with Crippen LogP contribution in [0.25, 0.3) is 0 Å². The molecular weight excluding hydrogens is 257 g/mol. The van der Waals surface area contributed by atoms with Gasteiger partial charge in [0, 0.05) is 13.1 Å². The van der Waals surface area contributed by atoms with E-state index in [4.69, 9.17) is 0 Å². The van der Waals surface area contributed by atoms with E-state index in [2.05, 4.69) is 5.32 Å². The Morgan fingerprint density at radius 3 is 2.41 bits per heavy atom. The molecule has 8 heteroatoms. The molecule has 17 heavy (non-hydrogen) atoms. The summed E-state index contributed by atoms with van der Waals surface area (Å²) < 4.78 is 59.4. The smallest absolute Gasteiger partial charge is 0.314 e. The van der Waals surface area contributed by atoms with E-state index in [1.807, 2.05) is 0 Å². The van der Waals surface area contributed by atoms with Gasteiger partial charge in [0.25, 0.3) is 0 Å². The summed E-state index contributed by atoms with van der Waals surface area (Å²) in [5, 5.41) is 3.11. The molecule has 1 saturated carbocycles. The Bertz CT molecular complexity index is 339. The van der Waals surface area contributed by atoms with E-state index in [1.54, 1.807) is 0 Å². The molecule has 0 spiro atoms. The fourth-order valence-corrected chi connectivity index (χ4v) is 2.52. The number of nitrogens with one attached hydrogen (secondary N) is 1. The lowest BCUT2D eigenvalue weighted by molar-refractivity contribution is -0.134. The fourth-order valence-electron chi connectivity index (χ4n) is 1.35. The zero-order valence-corrected chi connectivity index (χ0v) is 10.4. The van der Waals surface area contributed by atoms with Crippen molar-refractivity contribution in [1.82, 2.24) is 9.62 Å². The maximum atomic E-state index is 12.0. The van der Waals surface area contributed by atoms with Crippen LogP contribution in [0.1, 0.15) is 19.3 Å². The maximum absolute atomic E-state index is 12.0. The molecule has 0 saturated heterocycles. The number of nitrogens with zero attached hydrogens (tertiary/aromatic N) is 1. The van der Waals surface area contributed by atoms with Crippen molar-refractivity contribution in [3.05, 3.63) is 0 Å². The third kappa shape index (κ3) is 6.23. The van der Waals surface area contributed by atoms with Gasteiger partial charge in [-0.2, -0.15) is 17.5 Å². The molecule has 0 atom stereocenters. The second kappa shape index (κ2) is 5.53. The van der Waals surface area contributed by atoms with E-state index in [0.717, 1.165) is 19.9 Å². The minimum absolute atomic E-state index is 0.251. The van der Waals surface area contributed by atoms with Crippen molar-refractivity contribution in [2.75, 3.05) is 25.9 Å². The summed E-state index contributed by atoms with van der Waals surface area (Å²) in [6.07, 6.45) is -1.96. The fraction of sp³-hybridized carbons (Fsp3) is 1.00. The number of sulfonamides is 1. The van der Waals surface area contributed by atoms with Gasteiger partial charge in [-0.1, -0.05) is 0 Å². The molecule has 0 aromatic carbocycles. The van der Waals surface area contributed by atoms with E-state index in [0.29, 0.717) is 23.3 Å². The summed E-state index contributed by atoms with van der Waals surface area (Å²) in [5.41, 5.74) is 0. The zero-order valence-electron chi connectivity index (χ0n) is 9.63. The van der Waals surface area contributed by atoms with Crippen LogP contribution in [0.5, 0.6) is 0 Å². The summed E-state index contributed by atoms with van der Waals surface area (Å²) in [4.78, 5) is 0. The van der Waals surface area contributed by atoms with Crippen LogP contribution in [0.2, 0.25) is 0 Å². The van der Waals surface area contributed by atoms with Crippen LogP contribution in [-0.4, -0.2) is 50.8 Å². The number of halogens is 3. The molecular formula is C9H17F3N2O2S. The molecule has 0 aliphatic heterocycles. The highest BCUT2D eigenvalue weighted by Gasteiger charge is 2.33. The predicted molar refractivity (Wildman–Crippen MR) is 58.1 cm³/mol. The summed E-state index contributed by atoms with van der Waals surface area (Å²) >= 11 is 0. The van der Waals surface area contributed by atoms with Gasteiger partial charge in [-0.15, -0.1) is 0 Å². The van der Waals surface area contributed by atoms with Crippen LogP contribution in [-0.2, 0) is 10.0 Å². The van der Waals surface area contributed by atoms with Gasteiger partial charge >= 0.3 is 6.18 Å². The molecule has 1 aliphatic rings. The van der Waals surface area contributed by atoms with Crippen molar-refractivity contribution in [2.45, 2.75) is 31.5 Å². The Balaban J connectivity index is 2.27.